The number of carboxylic acids is 1. The smallest absolute Gasteiger partial charge is 0.327 e. The third kappa shape index (κ3) is 9.84. The van der Waals surface area contributed by atoms with Crippen LogP contribution in [0.25, 0.3) is 0 Å². The van der Waals surface area contributed by atoms with Crippen LogP contribution in [0.15, 0.2) is 48.5 Å². The molecule has 2 aromatic rings. The molecule has 4 amide bonds. The fourth-order valence-electron chi connectivity index (χ4n) is 4.86. The van der Waals surface area contributed by atoms with Gasteiger partial charge in [-0.15, -0.1) is 0 Å². The number of carboxylic acid groups (broad SMARTS) is 1. The van der Waals surface area contributed by atoms with Crippen molar-refractivity contribution < 1.29 is 39.1 Å². The molecule has 0 radical (unpaired) electrons. The molecule has 0 aromatic heterocycles. The topological polar surface area (TPSA) is 243 Å². The Morgan fingerprint density at radius 2 is 1.58 bits per heavy atom. The number of carbonyl (C=O) groups excluding carboxylic acids is 4. The molecule has 48 heavy (non-hydrogen) atoms. The predicted octanol–water partition coefficient (Wildman–Crippen LogP) is 1.58. The number of rotatable bonds is 8. The van der Waals surface area contributed by atoms with Gasteiger partial charge in [0.2, 0.25) is 23.6 Å². The van der Waals surface area contributed by atoms with E-state index in [1.54, 1.807) is 46.8 Å². The fraction of sp³-hybridized carbons (Fsp3) is 0.452. The number of amides is 4. The van der Waals surface area contributed by atoms with E-state index in [9.17, 15) is 44.3 Å². The van der Waals surface area contributed by atoms with Crippen molar-refractivity contribution in [1.82, 2.24) is 21.3 Å². The van der Waals surface area contributed by atoms with Crippen molar-refractivity contribution in [3.63, 3.8) is 0 Å². The molecule has 5 atom stereocenters. The number of phenols is 1. The van der Waals surface area contributed by atoms with Crippen LogP contribution in [0.2, 0.25) is 0 Å². The fourth-order valence-corrected chi connectivity index (χ4v) is 7.68. The van der Waals surface area contributed by atoms with Crippen molar-refractivity contribution in [3.05, 3.63) is 69.8 Å². The third-order valence-electron chi connectivity index (χ3n) is 7.82. The number of nitrogens with one attached hydrogen (secondary N) is 4. The van der Waals surface area contributed by atoms with Gasteiger partial charge in [-0.25, -0.2) is 4.79 Å². The molecule has 15 nitrogen and oxygen atoms in total. The largest absolute Gasteiger partial charge is 0.508 e. The summed E-state index contributed by atoms with van der Waals surface area (Å²) in [6.45, 7) is 7.52. The lowest BCUT2D eigenvalue weighted by Crippen LogP contribution is -2.62. The Morgan fingerprint density at radius 3 is 2.15 bits per heavy atom. The Bertz CT molecular complexity index is 1540. The minimum atomic E-state index is -1.47. The van der Waals surface area contributed by atoms with E-state index in [1.807, 2.05) is 0 Å². The minimum absolute atomic E-state index is 0.0493. The van der Waals surface area contributed by atoms with Crippen LogP contribution in [0.4, 0.5) is 5.69 Å². The molecule has 3 rings (SSSR count). The number of nitro benzene ring substituents is 1. The number of nitrogens with zero attached hydrogens (tertiary/aromatic N) is 1. The molecule has 2 aromatic carbocycles. The summed E-state index contributed by atoms with van der Waals surface area (Å²) in [7, 11) is 2.21. The maximum Gasteiger partial charge on any atom is 0.327 e. The average molecular weight is 705 g/mol. The van der Waals surface area contributed by atoms with Crippen molar-refractivity contribution in [1.29, 1.82) is 0 Å². The predicted molar refractivity (Wildman–Crippen MR) is 181 cm³/mol. The lowest BCUT2D eigenvalue weighted by atomic mass is 9.91. The average Bonchev–Trinajstić information content (AvgIpc) is 3.02. The highest BCUT2D eigenvalue weighted by Crippen LogP contribution is 2.46. The molecule has 0 bridgehead atoms. The molecule has 1 unspecified atom stereocenters. The van der Waals surface area contributed by atoms with Gasteiger partial charge in [0.25, 0.3) is 5.69 Å². The zero-order chi connectivity index (χ0) is 36.0. The Kier molecular flexibility index (Phi) is 12.5. The van der Waals surface area contributed by atoms with Gasteiger partial charge in [0.05, 0.1) is 22.3 Å². The molecule has 0 saturated carbocycles. The molecule has 1 aliphatic heterocycles. The number of nitro groups is 1. The number of aliphatic carboxylic acids is 1. The van der Waals surface area contributed by atoms with Crippen LogP contribution >= 0.6 is 21.6 Å². The second kappa shape index (κ2) is 15.7. The van der Waals surface area contributed by atoms with E-state index < -0.39 is 80.6 Å². The van der Waals surface area contributed by atoms with Gasteiger partial charge in [-0.2, -0.15) is 0 Å². The van der Waals surface area contributed by atoms with Crippen LogP contribution in [0.3, 0.4) is 0 Å². The van der Waals surface area contributed by atoms with E-state index in [1.165, 1.54) is 36.4 Å². The molecule has 0 aliphatic carbocycles. The SMILES string of the molecule is C[C@@H](c1ccc([N+](=O)[O-])cc1)[C@H]1NC(=O)CNC(=O)[C@H](NC(=O)[C@@H](N)Cc2ccc(O)cc2)C(C)(C)SSC(C)(C)C(C(=O)O)NC1=O. The highest BCUT2D eigenvalue weighted by molar-refractivity contribution is 8.77. The highest BCUT2D eigenvalue weighted by atomic mass is 33.1. The number of hydrogen-bond donors (Lipinski definition) is 7. The van der Waals surface area contributed by atoms with Gasteiger partial charge in [0.1, 0.15) is 23.9 Å². The molecule has 260 valence electrons. The summed E-state index contributed by atoms with van der Waals surface area (Å²) in [5.74, 6) is -5.04. The summed E-state index contributed by atoms with van der Waals surface area (Å²) in [4.78, 5) is 76.7. The van der Waals surface area contributed by atoms with Crippen LogP contribution in [0.5, 0.6) is 5.75 Å². The summed E-state index contributed by atoms with van der Waals surface area (Å²) in [6, 6.07) is 6.38. The zero-order valence-corrected chi connectivity index (χ0v) is 28.6. The molecule has 1 saturated heterocycles. The Morgan fingerprint density at radius 1 is 1.00 bits per heavy atom. The van der Waals surface area contributed by atoms with Crippen molar-refractivity contribution in [2.45, 2.75) is 80.6 Å². The quantitative estimate of drug-likeness (QED) is 0.118. The van der Waals surface area contributed by atoms with E-state index in [2.05, 4.69) is 21.3 Å². The van der Waals surface area contributed by atoms with Crippen molar-refractivity contribution in [2.75, 3.05) is 6.54 Å². The number of hydrogen-bond acceptors (Lipinski definition) is 11. The van der Waals surface area contributed by atoms with Gasteiger partial charge >= 0.3 is 5.97 Å². The highest BCUT2D eigenvalue weighted by Gasteiger charge is 2.45. The number of aromatic hydroxyl groups is 1. The van der Waals surface area contributed by atoms with E-state index in [-0.39, 0.29) is 17.9 Å². The Balaban J connectivity index is 1.93. The zero-order valence-electron chi connectivity index (χ0n) is 27.0. The van der Waals surface area contributed by atoms with E-state index in [0.717, 1.165) is 21.6 Å². The number of benzene rings is 2. The first-order valence-corrected chi connectivity index (χ1v) is 17.0. The maximum absolute atomic E-state index is 13.6. The van der Waals surface area contributed by atoms with Crippen LogP contribution in [0.1, 0.15) is 51.7 Å². The van der Waals surface area contributed by atoms with Gasteiger partial charge in [-0.1, -0.05) is 52.8 Å². The Labute approximate surface area is 285 Å². The molecule has 17 heteroatoms. The molecular weight excluding hydrogens is 665 g/mol. The van der Waals surface area contributed by atoms with Crippen molar-refractivity contribution in [2.24, 2.45) is 5.73 Å². The second-order valence-corrected chi connectivity index (χ2v) is 15.9. The van der Waals surface area contributed by atoms with Crippen molar-refractivity contribution in [3.8, 4) is 5.75 Å². The lowest BCUT2D eigenvalue weighted by molar-refractivity contribution is -0.384. The summed E-state index contributed by atoms with van der Waals surface area (Å²) in [5, 5.41) is 41.2. The second-order valence-electron chi connectivity index (χ2n) is 12.5. The summed E-state index contributed by atoms with van der Waals surface area (Å²) in [6.07, 6.45) is 0.104. The molecular formula is C31H40N6O9S2. The molecule has 1 fully saturated rings. The molecule has 0 spiro atoms. The van der Waals surface area contributed by atoms with Gasteiger partial charge in [-0.05, 0) is 57.4 Å². The van der Waals surface area contributed by atoms with E-state index in [4.69, 9.17) is 5.73 Å². The maximum atomic E-state index is 13.6. The third-order valence-corrected chi connectivity index (χ3v) is 12.1. The normalized spacial score (nSPS) is 22.9. The minimum Gasteiger partial charge on any atom is -0.508 e. The van der Waals surface area contributed by atoms with Gasteiger partial charge in [0, 0.05) is 22.8 Å². The Hall–Kier alpha value is -4.35. The number of phenolic OH excluding ortho intramolecular Hbond substituents is 1. The first-order valence-electron chi connectivity index (χ1n) is 14.9. The van der Waals surface area contributed by atoms with Crippen LogP contribution in [-0.4, -0.2) is 84.9 Å². The molecule has 1 aliphatic rings. The number of nitrogens with two attached hydrogens (primary N) is 1. The van der Waals surface area contributed by atoms with Gasteiger partial charge < -0.3 is 37.2 Å². The summed E-state index contributed by atoms with van der Waals surface area (Å²) >= 11 is 0. The number of non-ortho nitro benzene ring substituents is 1. The van der Waals surface area contributed by atoms with Crippen molar-refractivity contribution >= 4 is 56.9 Å². The lowest BCUT2D eigenvalue weighted by Gasteiger charge is -2.38. The van der Waals surface area contributed by atoms with Gasteiger partial charge in [0.15, 0.2) is 0 Å². The van der Waals surface area contributed by atoms with E-state index in [0.29, 0.717) is 11.1 Å². The first kappa shape index (κ1) is 38.1. The monoisotopic (exact) mass is 704 g/mol. The van der Waals surface area contributed by atoms with Crippen LogP contribution in [-0.2, 0) is 30.4 Å². The summed E-state index contributed by atoms with van der Waals surface area (Å²) in [5.41, 5.74) is 7.12. The summed E-state index contributed by atoms with van der Waals surface area (Å²) < 4.78 is -2.29. The van der Waals surface area contributed by atoms with Crippen LogP contribution < -0.4 is 27.0 Å². The van der Waals surface area contributed by atoms with Gasteiger partial charge in [-0.3, -0.25) is 29.3 Å². The van der Waals surface area contributed by atoms with Crippen LogP contribution in [0, 0.1) is 10.1 Å². The molecule has 8 N–H and O–H groups in total. The molecule has 1 heterocycles. The standard InChI is InChI=1S/C31H40N6O9S2/c1-16(18-8-10-19(11-9-18)37(45)46)23-27(41)36-25(29(43)44)31(4,5)48-47-30(2,3)24(28(42)33-15-22(39)34-23)35-26(40)21(32)14-17-6-12-20(38)13-7-17/h6-13,16,21,23-25,38H,14-15,32H2,1-5H3,(H,33,42)(H,34,39)(H,35,40)(H,36,41)(H,43,44)/t16-,21-,23+,24-,25?/m0/s1. The number of carbonyl (C=O) groups is 5. The first-order chi connectivity index (χ1) is 22.3. The van der Waals surface area contributed by atoms with E-state index >= 15 is 0 Å².